The van der Waals surface area contributed by atoms with Crippen LogP contribution in [0.25, 0.3) is 0 Å². The maximum absolute atomic E-state index is 11.2. The molecule has 3 heteroatoms. The molecule has 1 N–H and O–H groups in total. The lowest BCUT2D eigenvalue weighted by atomic mass is 9.82. The Hall–Kier alpha value is -1.51. The molecule has 0 fully saturated rings. The fourth-order valence-electron chi connectivity index (χ4n) is 2.17. The van der Waals surface area contributed by atoms with Gasteiger partial charge in [-0.2, -0.15) is 0 Å². The van der Waals surface area contributed by atoms with Gasteiger partial charge in [-0.3, -0.25) is 4.79 Å². The zero-order valence-corrected chi connectivity index (χ0v) is 12.0. The van der Waals surface area contributed by atoms with E-state index >= 15 is 0 Å². The third-order valence-electron chi connectivity index (χ3n) is 3.23. The lowest BCUT2D eigenvalue weighted by Crippen LogP contribution is -2.17. The number of methoxy groups -OCH3 is 1. The predicted octanol–water partition coefficient (Wildman–Crippen LogP) is 3.49. The lowest BCUT2D eigenvalue weighted by Gasteiger charge is -2.26. The minimum Gasteiger partial charge on any atom is -0.496 e. The van der Waals surface area contributed by atoms with Gasteiger partial charge in [0.05, 0.1) is 13.0 Å². The molecule has 0 heterocycles. The molecule has 100 valence electrons. The highest BCUT2D eigenvalue weighted by Crippen LogP contribution is 2.39. The average Bonchev–Trinajstić information content (AvgIpc) is 2.25. The van der Waals surface area contributed by atoms with Crippen LogP contribution in [0.1, 0.15) is 50.3 Å². The van der Waals surface area contributed by atoms with Gasteiger partial charge in [-0.25, -0.2) is 0 Å². The monoisotopic (exact) mass is 250 g/mol. The van der Waals surface area contributed by atoms with Crippen LogP contribution in [0.3, 0.4) is 0 Å². The Morgan fingerprint density at radius 1 is 1.33 bits per heavy atom. The van der Waals surface area contributed by atoms with Crippen molar-refractivity contribution in [1.82, 2.24) is 0 Å². The Bertz CT molecular complexity index is 456. The van der Waals surface area contributed by atoms with Crippen molar-refractivity contribution in [2.24, 2.45) is 0 Å². The molecule has 1 aromatic carbocycles. The summed E-state index contributed by atoms with van der Waals surface area (Å²) in [5.41, 5.74) is 2.69. The number of aliphatic carboxylic acids is 1. The van der Waals surface area contributed by atoms with Gasteiger partial charge in [0.2, 0.25) is 0 Å². The maximum atomic E-state index is 11.2. The van der Waals surface area contributed by atoms with E-state index in [1.165, 1.54) is 0 Å². The van der Waals surface area contributed by atoms with E-state index < -0.39 is 11.9 Å². The summed E-state index contributed by atoms with van der Waals surface area (Å²) >= 11 is 0. The van der Waals surface area contributed by atoms with Crippen molar-refractivity contribution in [3.8, 4) is 5.75 Å². The number of carboxylic acids is 1. The first-order chi connectivity index (χ1) is 8.20. The van der Waals surface area contributed by atoms with Crippen LogP contribution in [0.5, 0.6) is 5.75 Å². The molecule has 1 unspecified atom stereocenters. The molecule has 1 rings (SSSR count). The molecule has 18 heavy (non-hydrogen) atoms. The predicted molar refractivity (Wildman–Crippen MR) is 72.5 cm³/mol. The van der Waals surface area contributed by atoms with Crippen molar-refractivity contribution in [3.05, 3.63) is 28.8 Å². The summed E-state index contributed by atoms with van der Waals surface area (Å²) in [5.74, 6) is -0.692. The number of benzene rings is 1. The van der Waals surface area contributed by atoms with Gasteiger partial charge in [0.1, 0.15) is 5.75 Å². The first-order valence-electron chi connectivity index (χ1n) is 6.11. The second-order valence-electron chi connectivity index (χ2n) is 5.69. The summed E-state index contributed by atoms with van der Waals surface area (Å²) in [7, 11) is 1.60. The van der Waals surface area contributed by atoms with Gasteiger partial charge in [0.25, 0.3) is 0 Å². The van der Waals surface area contributed by atoms with Gasteiger partial charge >= 0.3 is 5.97 Å². The fourth-order valence-corrected chi connectivity index (χ4v) is 2.17. The summed E-state index contributed by atoms with van der Waals surface area (Å²) in [6.07, 6.45) is 0. The fraction of sp³-hybridized carbons (Fsp3) is 0.533. The minimum atomic E-state index is -0.831. The first-order valence-corrected chi connectivity index (χ1v) is 6.11. The highest BCUT2D eigenvalue weighted by molar-refractivity contribution is 5.78. The minimum absolute atomic E-state index is 0.0774. The number of rotatable bonds is 3. The zero-order chi connectivity index (χ0) is 14.1. The Morgan fingerprint density at radius 3 is 2.28 bits per heavy atom. The van der Waals surface area contributed by atoms with Crippen LogP contribution < -0.4 is 4.74 Å². The Labute approximate surface area is 109 Å². The standard InChI is InChI=1S/C15H22O3/c1-9-7-8-11(15(3,4)5)13(18-6)12(9)10(2)14(16)17/h7-8,10H,1-6H3,(H,16,17). The van der Waals surface area contributed by atoms with E-state index in [0.29, 0.717) is 5.75 Å². The van der Waals surface area contributed by atoms with Crippen molar-refractivity contribution in [2.75, 3.05) is 7.11 Å². The third kappa shape index (κ3) is 2.66. The van der Waals surface area contributed by atoms with E-state index in [2.05, 4.69) is 20.8 Å². The second kappa shape index (κ2) is 5.01. The molecule has 0 saturated carbocycles. The summed E-state index contributed by atoms with van der Waals surface area (Å²) in [4.78, 5) is 11.2. The topological polar surface area (TPSA) is 46.5 Å². The number of ether oxygens (including phenoxy) is 1. The molecule has 0 aliphatic heterocycles. The first kappa shape index (κ1) is 14.6. The molecule has 0 aliphatic carbocycles. The molecule has 0 amide bonds. The molecular weight excluding hydrogens is 228 g/mol. The molecule has 3 nitrogen and oxygen atoms in total. The highest BCUT2D eigenvalue weighted by Gasteiger charge is 2.27. The van der Waals surface area contributed by atoms with Gasteiger partial charge in [0, 0.05) is 5.56 Å². The van der Waals surface area contributed by atoms with Crippen LogP contribution in [0.15, 0.2) is 12.1 Å². The molecule has 1 atom stereocenters. The van der Waals surface area contributed by atoms with E-state index in [4.69, 9.17) is 4.74 Å². The highest BCUT2D eigenvalue weighted by atomic mass is 16.5. The Kier molecular flexibility index (Phi) is 4.05. The molecule has 0 saturated heterocycles. The number of aryl methyl sites for hydroxylation is 1. The molecular formula is C15H22O3. The quantitative estimate of drug-likeness (QED) is 0.893. The molecule has 1 aromatic rings. The maximum Gasteiger partial charge on any atom is 0.310 e. The normalized spacial score (nSPS) is 13.2. The van der Waals surface area contributed by atoms with Crippen molar-refractivity contribution in [1.29, 1.82) is 0 Å². The van der Waals surface area contributed by atoms with E-state index in [9.17, 15) is 9.90 Å². The van der Waals surface area contributed by atoms with Crippen LogP contribution in [0.2, 0.25) is 0 Å². The molecule has 0 bridgehead atoms. The smallest absolute Gasteiger partial charge is 0.310 e. The molecule has 0 aromatic heterocycles. The van der Waals surface area contributed by atoms with Crippen molar-refractivity contribution in [3.63, 3.8) is 0 Å². The third-order valence-corrected chi connectivity index (χ3v) is 3.23. The van der Waals surface area contributed by atoms with Crippen molar-refractivity contribution >= 4 is 5.97 Å². The average molecular weight is 250 g/mol. The number of carboxylic acid groups (broad SMARTS) is 1. The van der Waals surface area contributed by atoms with Gasteiger partial charge in [-0.15, -0.1) is 0 Å². The van der Waals surface area contributed by atoms with Crippen molar-refractivity contribution < 1.29 is 14.6 Å². The Morgan fingerprint density at radius 2 is 1.89 bits per heavy atom. The number of hydrogen-bond acceptors (Lipinski definition) is 2. The van der Waals surface area contributed by atoms with E-state index in [1.807, 2.05) is 19.1 Å². The van der Waals surface area contributed by atoms with Crippen LogP contribution in [-0.2, 0) is 10.2 Å². The molecule has 0 spiro atoms. The van der Waals surface area contributed by atoms with Crippen LogP contribution in [0.4, 0.5) is 0 Å². The van der Waals surface area contributed by atoms with Crippen LogP contribution >= 0.6 is 0 Å². The van der Waals surface area contributed by atoms with Crippen LogP contribution in [0, 0.1) is 6.92 Å². The van der Waals surface area contributed by atoms with Gasteiger partial charge in [-0.05, 0) is 30.4 Å². The number of hydrogen-bond donors (Lipinski definition) is 1. The summed E-state index contributed by atoms with van der Waals surface area (Å²) in [5, 5.41) is 9.22. The Balaban J connectivity index is 3.54. The SMILES string of the molecule is COc1c(C(C)(C)C)ccc(C)c1C(C)C(=O)O. The van der Waals surface area contributed by atoms with E-state index in [1.54, 1.807) is 14.0 Å². The van der Waals surface area contributed by atoms with Crippen LogP contribution in [-0.4, -0.2) is 18.2 Å². The molecule has 0 aliphatic rings. The molecule has 0 radical (unpaired) electrons. The van der Waals surface area contributed by atoms with Gasteiger partial charge in [0.15, 0.2) is 0 Å². The van der Waals surface area contributed by atoms with Gasteiger partial charge in [-0.1, -0.05) is 32.9 Å². The second-order valence-corrected chi connectivity index (χ2v) is 5.69. The summed E-state index contributed by atoms with van der Waals surface area (Å²) in [6, 6.07) is 3.99. The number of carbonyl (C=O) groups is 1. The van der Waals surface area contributed by atoms with E-state index in [0.717, 1.165) is 16.7 Å². The van der Waals surface area contributed by atoms with Gasteiger partial charge < -0.3 is 9.84 Å². The summed E-state index contributed by atoms with van der Waals surface area (Å²) < 4.78 is 5.49. The zero-order valence-electron chi connectivity index (χ0n) is 12.0. The van der Waals surface area contributed by atoms with Crippen molar-refractivity contribution in [2.45, 2.75) is 46.0 Å². The van der Waals surface area contributed by atoms with E-state index in [-0.39, 0.29) is 5.41 Å². The largest absolute Gasteiger partial charge is 0.496 e. The lowest BCUT2D eigenvalue weighted by molar-refractivity contribution is -0.138. The summed E-state index contributed by atoms with van der Waals surface area (Å²) in [6.45, 7) is 9.89.